The number of benzene rings is 2. The molecule has 1 aliphatic rings. The molecule has 0 saturated carbocycles. The van der Waals surface area contributed by atoms with Crippen LogP contribution in [-0.4, -0.2) is 41.0 Å². The lowest BCUT2D eigenvalue weighted by atomic mass is 9.82. The van der Waals surface area contributed by atoms with Crippen LogP contribution in [0.25, 0.3) is 0 Å². The molecule has 2 aromatic rings. The highest BCUT2D eigenvalue weighted by Gasteiger charge is 2.43. The first-order valence-electron chi connectivity index (χ1n) is 8.23. The van der Waals surface area contributed by atoms with Crippen LogP contribution in [0.5, 0.6) is 5.75 Å². The highest BCUT2D eigenvalue weighted by molar-refractivity contribution is 6.33. The van der Waals surface area contributed by atoms with Crippen molar-refractivity contribution in [3.05, 3.63) is 48.0 Å². The largest absolute Gasteiger partial charge is 0.508 e. The average molecular weight is 355 g/mol. The second-order valence-electron chi connectivity index (χ2n) is 6.78. The molecule has 0 fully saturated rings. The average Bonchev–Trinajstić information content (AvgIpc) is 2.80. The summed E-state index contributed by atoms with van der Waals surface area (Å²) in [5, 5.41) is 24.3. The van der Waals surface area contributed by atoms with Gasteiger partial charge >= 0.3 is 0 Å². The third-order valence-corrected chi connectivity index (χ3v) is 4.77. The van der Waals surface area contributed by atoms with Crippen LogP contribution < -0.4 is 10.5 Å². The van der Waals surface area contributed by atoms with E-state index in [1.165, 1.54) is 0 Å². The van der Waals surface area contributed by atoms with Crippen LogP contribution in [0.4, 0.5) is 17.1 Å². The zero-order chi connectivity index (χ0) is 18.9. The predicted octanol–water partition coefficient (Wildman–Crippen LogP) is 3.34. The number of hydrazone groups is 1. The third kappa shape index (κ3) is 3.14. The molecule has 3 rings (SSSR count). The summed E-state index contributed by atoms with van der Waals surface area (Å²) in [5.74, 6) is 0.226. The van der Waals surface area contributed by atoms with E-state index >= 15 is 0 Å². The van der Waals surface area contributed by atoms with Gasteiger partial charge in [-0.15, -0.1) is 4.99 Å². The number of hydrogen-bond donors (Lipinski definition) is 3. The van der Waals surface area contributed by atoms with E-state index in [4.69, 9.17) is 5.26 Å². The molecule has 7 nitrogen and oxygen atoms in total. The van der Waals surface area contributed by atoms with Crippen molar-refractivity contribution in [2.75, 3.05) is 24.6 Å². The first kappa shape index (κ1) is 17.9. The Bertz CT molecular complexity index is 873. The fourth-order valence-corrected chi connectivity index (χ4v) is 3.26. The molecule has 1 aliphatic heterocycles. The van der Waals surface area contributed by atoms with E-state index in [1.54, 1.807) is 17.1 Å². The summed E-state index contributed by atoms with van der Waals surface area (Å²) in [4.78, 5) is 4.02. The van der Waals surface area contributed by atoms with E-state index in [0.717, 1.165) is 22.6 Å². The van der Waals surface area contributed by atoms with Crippen LogP contribution in [0.3, 0.4) is 0 Å². The van der Waals surface area contributed by atoms with Gasteiger partial charge in [-0.25, -0.2) is 10.7 Å². The second-order valence-corrected chi connectivity index (χ2v) is 6.78. The minimum absolute atomic E-state index is 0.226. The van der Waals surface area contributed by atoms with Crippen LogP contribution >= 0.6 is 0 Å². The number of anilines is 2. The molecule has 0 amide bonds. The number of aromatic hydroxyl groups is 1. The Morgan fingerprint density at radius 3 is 2.54 bits per heavy atom. The molecule has 0 bridgehead atoms. The van der Waals surface area contributed by atoms with Crippen molar-refractivity contribution in [1.82, 2.24) is 0 Å². The Balaban J connectivity index is 1.90. The monoisotopic (exact) mass is 355 g/mol. The van der Waals surface area contributed by atoms with Crippen molar-refractivity contribution in [1.29, 1.82) is 0 Å². The van der Waals surface area contributed by atoms with Crippen molar-refractivity contribution in [2.45, 2.75) is 19.3 Å². The van der Waals surface area contributed by atoms with Gasteiger partial charge in [0.25, 0.3) is 0 Å². The van der Waals surface area contributed by atoms with Gasteiger partial charge in [0.05, 0.1) is 16.8 Å². The minimum atomic E-state index is -0.267. The number of hydrogen-bond acceptors (Lipinski definition) is 6. The normalized spacial score (nSPS) is 15.4. The zero-order valence-electron chi connectivity index (χ0n) is 15.3. The summed E-state index contributed by atoms with van der Waals surface area (Å²) in [6, 6.07) is 12.6. The molecule has 0 spiro atoms. The highest BCUT2D eigenvalue weighted by Crippen LogP contribution is 2.40. The molecular formula is C19H23N4O3+. The summed E-state index contributed by atoms with van der Waals surface area (Å²) < 4.78 is 2.10. The van der Waals surface area contributed by atoms with Crippen molar-refractivity contribution in [3.8, 4) is 5.75 Å². The van der Waals surface area contributed by atoms with Gasteiger partial charge < -0.3 is 5.11 Å². The van der Waals surface area contributed by atoms with Gasteiger partial charge in [0.2, 0.25) is 11.4 Å². The Labute approximate surface area is 152 Å². The molecule has 0 unspecified atom stereocenters. The maximum absolute atomic E-state index is 9.41. The van der Waals surface area contributed by atoms with Crippen LogP contribution in [-0.2, 0) is 10.4 Å². The second kappa shape index (κ2) is 6.78. The molecule has 0 atom stereocenters. The standard InChI is InChI=1S/C19H22N4O3/c1-19(2)16-11-13(21-26-25)5-10-17(16)22(3)18(19)12-20-23(4)14-6-8-15(24)9-7-14/h5-12,21H,1-4H3,(H-,24,25)/p+1. The number of phenolic OH excluding ortho intramolecular Hbond substituents is 1. The van der Waals surface area contributed by atoms with Gasteiger partial charge in [-0.2, -0.15) is 9.68 Å². The van der Waals surface area contributed by atoms with E-state index < -0.39 is 0 Å². The van der Waals surface area contributed by atoms with Crippen LogP contribution in [0.15, 0.2) is 47.6 Å². The highest BCUT2D eigenvalue weighted by atomic mass is 17.2. The summed E-state index contributed by atoms with van der Waals surface area (Å²) in [5.41, 5.74) is 6.95. The zero-order valence-corrected chi connectivity index (χ0v) is 15.3. The molecule has 0 aliphatic carbocycles. The molecule has 7 heteroatoms. The quantitative estimate of drug-likeness (QED) is 0.332. The van der Waals surface area contributed by atoms with Gasteiger partial charge in [-0.3, -0.25) is 5.01 Å². The molecule has 2 aromatic carbocycles. The van der Waals surface area contributed by atoms with Gasteiger partial charge in [-0.1, -0.05) is 0 Å². The van der Waals surface area contributed by atoms with Crippen molar-refractivity contribution in [2.24, 2.45) is 5.10 Å². The Hall–Kier alpha value is -2.90. The van der Waals surface area contributed by atoms with Crippen molar-refractivity contribution in [3.63, 3.8) is 0 Å². The topological polar surface area (TPSA) is 80.3 Å². The summed E-state index contributed by atoms with van der Waals surface area (Å²) in [7, 11) is 3.87. The van der Waals surface area contributed by atoms with Crippen molar-refractivity contribution < 1.29 is 19.9 Å². The lowest BCUT2D eigenvalue weighted by Crippen LogP contribution is -2.30. The van der Waals surface area contributed by atoms with Crippen LogP contribution in [0.2, 0.25) is 0 Å². The lowest BCUT2D eigenvalue weighted by molar-refractivity contribution is -0.400. The maximum Gasteiger partial charge on any atom is 0.212 e. The van der Waals surface area contributed by atoms with Crippen molar-refractivity contribution >= 4 is 29.0 Å². The van der Waals surface area contributed by atoms with E-state index in [2.05, 4.69) is 34.0 Å². The third-order valence-electron chi connectivity index (χ3n) is 4.77. The number of phenols is 1. The summed E-state index contributed by atoms with van der Waals surface area (Å²) in [6.07, 6.45) is 1.85. The van der Waals surface area contributed by atoms with Gasteiger partial charge in [0.15, 0.2) is 0 Å². The molecule has 0 radical (unpaired) electrons. The van der Waals surface area contributed by atoms with Gasteiger partial charge in [-0.05, 0) is 50.2 Å². The molecule has 0 saturated heterocycles. The van der Waals surface area contributed by atoms with E-state index in [9.17, 15) is 5.11 Å². The molecule has 3 N–H and O–H groups in total. The SMILES string of the molecule is CN(N=CC1=[N+](C)c2ccc(NOO)cc2C1(C)C)c1ccc(O)cc1. The van der Waals surface area contributed by atoms with E-state index in [0.29, 0.717) is 5.69 Å². The predicted molar refractivity (Wildman–Crippen MR) is 103 cm³/mol. The minimum Gasteiger partial charge on any atom is -0.508 e. The smallest absolute Gasteiger partial charge is 0.212 e. The molecular weight excluding hydrogens is 332 g/mol. The number of nitrogens with one attached hydrogen (secondary N) is 1. The Morgan fingerprint density at radius 2 is 1.88 bits per heavy atom. The maximum atomic E-state index is 9.41. The fraction of sp³-hybridized carbons (Fsp3) is 0.263. The molecule has 136 valence electrons. The Morgan fingerprint density at radius 1 is 1.19 bits per heavy atom. The molecule has 1 heterocycles. The number of nitrogens with zero attached hydrogens (tertiary/aromatic N) is 3. The molecule has 0 aromatic heterocycles. The van der Waals surface area contributed by atoms with Crippen LogP contribution in [0, 0.1) is 0 Å². The van der Waals surface area contributed by atoms with E-state index in [-0.39, 0.29) is 11.2 Å². The first-order valence-corrected chi connectivity index (χ1v) is 8.23. The van der Waals surface area contributed by atoms with Crippen LogP contribution in [0.1, 0.15) is 19.4 Å². The summed E-state index contributed by atoms with van der Waals surface area (Å²) in [6.45, 7) is 4.25. The summed E-state index contributed by atoms with van der Waals surface area (Å²) >= 11 is 0. The lowest BCUT2D eigenvalue weighted by Gasteiger charge is -2.17. The number of rotatable bonds is 5. The fourth-order valence-electron chi connectivity index (χ4n) is 3.26. The number of fused-ring (bicyclic) bond motifs is 1. The Kier molecular flexibility index (Phi) is 4.67. The molecule has 26 heavy (non-hydrogen) atoms. The van der Waals surface area contributed by atoms with E-state index in [1.807, 2.05) is 50.6 Å². The van der Waals surface area contributed by atoms with Gasteiger partial charge in [0, 0.05) is 18.7 Å². The van der Waals surface area contributed by atoms with Gasteiger partial charge in [0.1, 0.15) is 19.0 Å². The first-order chi connectivity index (χ1) is 12.3.